The zero-order valence-electron chi connectivity index (χ0n) is 7.66. The molecule has 0 spiro atoms. The Kier molecular flexibility index (Phi) is 2.45. The summed E-state index contributed by atoms with van der Waals surface area (Å²) in [6, 6.07) is 2.04. The minimum absolute atomic E-state index is 0.650. The van der Waals surface area contributed by atoms with Crippen molar-refractivity contribution in [2.24, 2.45) is 0 Å². The smallest absolute Gasteiger partial charge is 0.0503 e. The summed E-state index contributed by atoms with van der Waals surface area (Å²) in [5.74, 6) is 0.650. The SMILES string of the molecule is Nc1cncc(C2CCNCC2)c1. The van der Waals surface area contributed by atoms with Crippen LogP contribution in [0.25, 0.3) is 0 Å². The Labute approximate surface area is 78.4 Å². The van der Waals surface area contributed by atoms with Crippen LogP contribution >= 0.6 is 0 Å². The summed E-state index contributed by atoms with van der Waals surface area (Å²) in [5.41, 5.74) is 7.75. The van der Waals surface area contributed by atoms with Gasteiger partial charge in [-0.2, -0.15) is 0 Å². The second-order valence-corrected chi connectivity index (χ2v) is 3.58. The Bertz CT molecular complexity index is 279. The van der Waals surface area contributed by atoms with Crippen LogP contribution in [0.15, 0.2) is 18.5 Å². The number of anilines is 1. The normalized spacial score (nSPS) is 18.8. The molecule has 2 rings (SSSR count). The molecule has 3 heteroatoms. The third-order valence-electron chi connectivity index (χ3n) is 2.59. The van der Waals surface area contributed by atoms with Gasteiger partial charge in [-0.3, -0.25) is 4.98 Å². The van der Waals surface area contributed by atoms with E-state index in [-0.39, 0.29) is 0 Å². The van der Waals surface area contributed by atoms with Gasteiger partial charge in [0.05, 0.1) is 5.69 Å². The standard InChI is InChI=1S/C10H15N3/c11-10-5-9(6-13-7-10)8-1-3-12-4-2-8/h5-8,12H,1-4,11H2. The van der Waals surface area contributed by atoms with E-state index < -0.39 is 0 Å². The number of nitrogens with zero attached hydrogens (tertiary/aromatic N) is 1. The lowest BCUT2D eigenvalue weighted by Gasteiger charge is -2.22. The predicted octanol–water partition coefficient (Wildman–Crippen LogP) is 1.13. The summed E-state index contributed by atoms with van der Waals surface area (Å²) in [6.07, 6.45) is 6.03. The molecule has 0 saturated carbocycles. The molecule has 1 fully saturated rings. The van der Waals surface area contributed by atoms with Gasteiger partial charge in [0.2, 0.25) is 0 Å². The van der Waals surface area contributed by atoms with Crippen molar-refractivity contribution in [1.29, 1.82) is 0 Å². The fourth-order valence-corrected chi connectivity index (χ4v) is 1.85. The number of hydrogen-bond donors (Lipinski definition) is 2. The summed E-state index contributed by atoms with van der Waals surface area (Å²) < 4.78 is 0. The van der Waals surface area contributed by atoms with Crippen molar-refractivity contribution in [3.63, 3.8) is 0 Å². The highest BCUT2D eigenvalue weighted by Crippen LogP contribution is 2.25. The third kappa shape index (κ3) is 1.98. The van der Waals surface area contributed by atoms with Gasteiger partial charge in [-0.25, -0.2) is 0 Å². The first-order chi connectivity index (χ1) is 6.36. The lowest BCUT2D eigenvalue weighted by Crippen LogP contribution is -2.26. The second kappa shape index (κ2) is 3.75. The molecule has 0 atom stereocenters. The number of nitrogens with two attached hydrogens (primary N) is 1. The number of pyridine rings is 1. The predicted molar refractivity (Wildman–Crippen MR) is 53.5 cm³/mol. The van der Waals surface area contributed by atoms with E-state index in [0.717, 1.165) is 18.8 Å². The summed E-state index contributed by atoms with van der Waals surface area (Å²) in [6.45, 7) is 2.22. The Morgan fingerprint density at radius 2 is 2.08 bits per heavy atom. The van der Waals surface area contributed by atoms with Crippen molar-refractivity contribution < 1.29 is 0 Å². The van der Waals surface area contributed by atoms with Crippen molar-refractivity contribution in [3.05, 3.63) is 24.0 Å². The van der Waals surface area contributed by atoms with E-state index in [4.69, 9.17) is 5.73 Å². The van der Waals surface area contributed by atoms with Gasteiger partial charge in [0.1, 0.15) is 0 Å². The van der Waals surface area contributed by atoms with Gasteiger partial charge in [-0.05, 0) is 43.5 Å². The molecule has 70 valence electrons. The van der Waals surface area contributed by atoms with Crippen LogP contribution in [0.5, 0.6) is 0 Å². The van der Waals surface area contributed by atoms with Gasteiger partial charge < -0.3 is 11.1 Å². The minimum atomic E-state index is 0.650. The molecule has 0 radical (unpaired) electrons. The molecule has 3 nitrogen and oxygen atoms in total. The number of nitrogen functional groups attached to an aromatic ring is 1. The fourth-order valence-electron chi connectivity index (χ4n) is 1.85. The number of nitrogens with one attached hydrogen (secondary N) is 1. The first kappa shape index (κ1) is 8.51. The molecule has 0 unspecified atom stereocenters. The molecule has 13 heavy (non-hydrogen) atoms. The topological polar surface area (TPSA) is 50.9 Å². The van der Waals surface area contributed by atoms with Gasteiger partial charge in [0.25, 0.3) is 0 Å². The molecule has 0 aromatic carbocycles. The number of hydrogen-bond acceptors (Lipinski definition) is 3. The zero-order valence-corrected chi connectivity index (χ0v) is 7.66. The first-order valence-corrected chi connectivity index (χ1v) is 4.77. The van der Waals surface area contributed by atoms with E-state index in [9.17, 15) is 0 Å². The maximum Gasteiger partial charge on any atom is 0.0503 e. The van der Waals surface area contributed by atoms with Gasteiger partial charge in [0, 0.05) is 12.4 Å². The molecule has 2 heterocycles. The van der Waals surface area contributed by atoms with Gasteiger partial charge in [-0.15, -0.1) is 0 Å². The highest BCUT2D eigenvalue weighted by molar-refractivity contribution is 5.38. The van der Waals surface area contributed by atoms with E-state index in [1.54, 1.807) is 6.20 Å². The van der Waals surface area contributed by atoms with Crippen molar-refractivity contribution in [3.8, 4) is 0 Å². The van der Waals surface area contributed by atoms with E-state index in [1.807, 2.05) is 12.3 Å². The molecule has 1 aliphatic rings. The monoisotopic (exact) mass is 177 g/mol. The van der Waals surface area contributed by atoms with E-state index in [0.29, 0.717) is 5.92 Å². The molecule has 1 saturated heterocycles. The molecule has 0 amide bonds. The van der Waals surface area contributed by atoms with Crippen LogP contribution in [0.2, 0.25) is 0 Å². The summed E-state index contributed by atoms with van der Waals surface area (Å²) in [5, 5.41) is 3.35. The van der Waals surface area contributed by atoms with Crippen LogP contribution in [0.3, 0.4) is 0 Å². The first-order valence-electron chi connectivity index (χ1n) is 4.77. The van der Waals surface area contributed by atoms with E-state index in [2.05, 4.69) is 10.3 Å². The molecule has 1 aromatic rings. The highest BCUT2D eigenvalue weighted by Gasteiger charge is 2.14. The molecule has 0 bridgehead atoms. The maximum absolute atomic E-state index is 5.69. The number of rotatable bonds is 1. The highest BCUT2D eigenvalue weighted by atomic mass is 14.9. The van der Waals surface area contributed by atoms with Crippen LogP contribution in [0.1, 0.15) is 24.3 Å². The van der Waals surface area contributed by atoms with Crippen LogP contribution < -0.4 is 11.1 Å². The molecular weight excluding hydrogens is 162 g/mol. The van der Waals surface area contributed by atoms with Crippen molar-refractivity contribution >= 4 is 5.69 Å². The Balaban J connectivity index is 2.14. The number of piperidine rings is 1. The van der Waals surface area contributed by atoms with Crippen molar-refractivity contribution in [2.75, 3.05) is 18.8 Å². The van der Waals surface area contributed by atoms with Crippen LogP contribution in [0.4, 0.5) is 5.69 Å². The average Bonchev–Trinajstić information content (AvgIpc) is 2.19. The Morgan fingerprint density at radius 1 is 1.31 bits per heavy atom. The van der Waals surface area contributed by atoms with Crippen LogP contribution in [-0.2, 0) is 0 Å². The van der Waals surface area contributed by atoms with E-state index >= 15 is 0 Å². The summed E-state index contributed by atoms with van der Waals surface area (Å²) >= 11 is 0. The third-order valence-corrected chi connectivity index (χ3v) is 2.59. The Morgan fingerprint density at radius 3 is 2.77 bits per heavy atom. The molecule has 1 aliphatic heterocycles. The van der Waals surface area contributed by atoms with Gasteiger partial charge in [-0.1, -0.05) is 0 Å². The Hall–Kier alpha value is -1.09. The molecule has 0 aliphatic carbocycles. The summed E-state index contributed by atoms with van der Waals surface area (Å²) in [4.78, 5) is 4.11. The molecular formula is C10H15N3. The van der Waals surface area contributed by atoms with Gasteiger partial charge >= 0.3 is 0 Å². The van der Waals surface area contributed by atoms with Crippen LogP contribution in [0, 0.1) is 0 Å². The zero-order chi connectivity index (χ0) is 9.10. The largest absolute Gasteiger partial charge is 0.397 e. The summed E-state index contributed by atoms with van der Waals surface area (Å²) in [7, 11) is 0. The molecule has 1 aromatic heterocycles. The second-order valence-electron chi connectivity index (χ2n) is 3.58. The average molecular weight is 177 g/mol. The fraction of sp³-hybridized carbons (Fsp3) is 0.500. The number of aromatic nitrogens is 1. The lowest BCUT2D eigenvalue weighted by atomic mass is 9.91. The van der Waals surface area contributed by atoms with Crippen LogP contribution in [-0.4, -0.2) is 18.1 Å². The van der Waals surface area contributed by atoms with Crippen molar-refractivity contribution in [1.82, 2.24) is 10.3 Å². The molecule has 3 N–H and O–H groups in total. The minimum Gasteiger partial charge on any atom is -0.397 e. The quantitative estimate of drug-likeness (QED) is 0.676. The maximum atomic E-state index is 5.69. The van der Waals surface area contributed by atoms with Gasteiger partial charge in [0.15, 0.2) is 0 Å². The van der Waals surface area contributed by atoms with Crippen molar-refractivity contribution in [2.45, 2.75) is 18.8 Å². The lowest BCUT2D eigenvalue weighted by molar-refractivity contribution is 0.460. The van der Waals surface area contributed by atoms with E-state index in [1.165, 1.54) is 18.4 Å².